The molecule has 43 heavy (non-hydrogen) atoms. The molecule has 0 amide bonds. The van der Waals surface area contributed by atoms with E-state index in [1.807, 2.05) is 0 Å². The number of rotatable bonds is 34. The summed E-state index contributed by atoms with van der Waals surface area (Å²) in [4.78, 5) is 12.7. The fourth-order valence-electron chi connectivity index (χ4n) is 5.65. The highest BCUT2D eigenvalue weighted by molar-refractivity contribution is 5.72. The van der Waals surface area contributed by atoms with Crippen LogP contribution in [0.5, 0.6) is 0 Å². The summed E-state index contributed by atoms with van der Waals surface area (Å²) in [7, 11) is 0. The zero-order valence-electron chi connectivity index (χ0n) is 28.9. The number of carbonyl (C=O) groups is 1. The topological polar surface area (TPSA) is 66.8 Å². The van der Waals surface area contributed by atoms with E-state index in [0.29, 0.717) is 0 Å². The van der Waals surface area contributed by atoms with Crippen LogP contribution in [-0.4, -0.2) is 35.5 Å². The van der Waals surface area contributed by atoms with Gasteiger partial charge in [-0.3, -0.25) is 4.79 Å². The molecule has 2 unspecified atom stereocenters. The monoisotopic (exact) mass is 607 g/mol. The van der Waals surface area contributed by atoms with Crippen LogP contribution in [0.15, 0.2) is 24.3 Å². The van der Waals surface area contributed by atoms with Crippen molar-refractivity contribution in [1.82, 2.24) is 0 Å². The first-order valence-corrected chi connectivity index (χ1v) is 18.9. The maximum Gasteiger partial charge on any atom is 0.309 e. The number of esters is 1. The summed E-state index contributed by atoms with van der Waals surface area (Å²) in [5.74, 6) is -0.280. The molecule has 2 N–H and O–H groups in total. The van der Waals surface area contributed by atoms with E-state index in [1.165, 1.54) is 141 Å². The standard InChI is InChI=1S/C39H74O4/c1-3-5-7-9-11-13-15-17-19-20-22-24-26-28-30-32-34-37(39(42)43-36-38(41)35-40)33-31-29-27-25-23-21-18-16-14-12-10-8-6-4-2/h17-19,21,37-38,40-41H,3-16,20,22-36H2,1-2H3. The van der Waals surface area contributed by atoms with Gasteiger partial charge in [0.25, 0.3) is 0 Å². The van der Waals surface area contributed by atoms with Gasteiger partial charge in [-0.05, 0) is 64.2 Å². The molecule has 0 aliphatic rings. The first-order chi connectivity index (χ1) is 21.2. The average Bonchev–Trinajstić information content (AvgIpc) is 3.02. The van der Waals surface area contributed by atoms with Gasteiger partial charge in [0, 0.05) is 0 Å². The van der Waals surface area contributed by atoms with Crippen molar-refractivity contribution in [2.45, 2.75) is 200 Å². The maximum atomic E-state index is 12.7. The van der Waals surface area contributed by atoms with Crippen LogP contribution in [-0.2, 0) is 9.53 Å². The zero-order chi connectivity index (χ0) is 31.5. The third-order valence-corrected chi connectivity index (χ3v) is 8.59. The van der Waals surface area contributed by atoms with Gasteiger partial charge in [0.1, 0.15) is 12.7 Å². The molecule has 4 nitrogen and oxygen atoms in total. The van der Waals surface area contributed by atoms with Gasteiger partial charge in [-0.25, -0.2) is 0 Å². The number of hydrogen-bond acceptors (Lipinski definition) is 4. The van der Waals surface area contributed by atoms with Crippen LogP contribution in [0.2, 0.25) is 0 Å². The molecule has 0 aliphatic carbocycles. The minimum Gasteiger partial charge on any atom is -0.463 e. The Balaban J connectivity index is 3.95. The Hall–Kier alpha value is -1.13. The second-order valence-corrected chi connectivity index (χ2v) is 12.9. The molecule has 0 fully saturated rings. The molecule has 0 heterocycles. The lowest BCUT2D eigenvalue weighted by molar-refractivity contribution is -0.152. The van der Waals surface area contributed by atoms with Gasteiger partial charge in [0.2, 0.25) is 0 Å². The van der Waals surface area contributed by atoms with Crippen molar-refractivity contribution in [3.63, 3.8) is 0 Å². The fraction of sp³-hybridized carbons (Fsp3) is 0.872. The van der Waals surface area contributed by atoms with E-state index >= 15 is 0 Å². The third-order valence-electron chi connectivity index (χ3n) is 8.59. The van der Waals surface area contributed by atoms with Gasteiger partial charge in [-0.2, -0.15) is 0 Å². The minimum atomic E-state index is -0.982. The van der Waals surface area contributed by atoms with Crippen LogP contribution in [0.1, 0.15) is 194 Å². The molecule has 0 bridgehead atoms. The van der Waals surface area contributed by atoms with Gasteiger partial charge < -0.3 is 14.9 Å². The third kappa shape index (κ3) is 32.1. The highest BCUT2D eigenvalue weighted by Crippen LogP contribution is 2.21. The summed E-state index contributed by atoms with van der Waals surface area (Å²) in [5.41, 5.74) is 0. The van der Waals surface area contributed by atoms with Crippen molar-refractivity contribution in [1.29, 1.82) is 0 Å². The molecule has 0 radical (unpaired) electrons. The zero-order valence-corrected chi connectivity index (χ0v) is 28.9. The van der Waals surface area contributed by atoms with Crippen LogP contribution in [0, 0.1) is 5.92 Å². The Labute approximate surface area is 268 Å². The fourth-order valence-corrected chi connectivity index (χ4v) is 5.65. The van der Waals surface area contributed by atoms with Crippen LogP contribution in [0.25, 0.3) is 0 Å². The van der Waals surface area contributed by atoms with E-state index in [4.69, 9.17) is 9.84 Å². The molecular weight excluding hydrogens is 532 g/mol. The Kier molecular flexibility index (Phi) is 34.4. The van der Waals surface area contributed by atoms with Crippen LogP contribution < -0.4 is 0 Å². The first-order valence-electron chi connectivity index (χ1n) is 18.9. The second-order valence-electron chi connectivity index (χ2n) is 12.9. The molecule has 0 rings (SSSR count). The van der Waals surface area contributed by atoms with E-state index in [9.17, 15) is 9.90 Å². The molecule has 0 aromatic rings. The summed E-state index contributed by atoms with van der Waals surface area (Å²) in [6.07, 6.45) is 43.4. The lowest BCUT2D eigenvalue weighted by Gasteiger charge is -2.17. The summed E-state index contributed by atoms with van der Waals surface area (Å²) in [6, 6.07) is 0. The second kappa shape index (κ2) is 35.4. The van der Waals surface area contributed by atoms with E-state index < -0.39 is 6.10 Å². The number of unbranched alkanes of at least 4 members (excludes halogenated alkanes) is 22. The van der Waals surface area contributed by atoms with Crippen molar-refractivity contribution in [2.75, 3.05) is 13.2 Å². The smallest absolute Gasteiger partial charge is 0.309 e. The van der Waals surface area contributed by atoms with E-state index in [2.05, 4.69) is 38.2 Å². The van der Waals surface area contributed by atoms with Crippen molar-refractivity contribution >= 4 is 5.97 Å². The molecule has 0 aromatic heterocycles. The largest absolute Gasteiger partial charge is 0.463 e. The highest BCUT2D eigenvalue weighted by atomic mass is 16.5. The van der Waals surface area contributed by atoms with E-state index in [-0.39, 0.29) is 25.1 Å². The van der Waals surface area contributed by atoms with Gasteiger partial charge >= 0.3 is 5.97 Å². The number of aliphatic hydroxyl groups is 2. The van der Waals surface area contributed by atoms with Gasteiger partial charge in [-0.1, -0.05) is 154 Å². The number of hydrogen-bond donors (Lipinski definition) is 2. The highest BCUT2D eigenvalue weighted by Gasteiger charge is 2.20. The summed E-state index contributed by atoms with van der Waals surface area (Å²) in [5, 5.41) is 18.6. The molecule has 4 heteroatoms. The number of ether oxygens (including phenoxy) is 1. The molecule has 0 saturated carbocycles. The molecule has 0 saturated heterocycles. The molecule has 254 valence electrons. The predicted octanol–water partition coefficient (Wildman–Crippen LogP) is 11.6. The maximum absolute atomic E-state index is 12.7. The Morgan fingerprint density at radius 2 is 0.860 bits per heavy atom. The van der Waals surface area contributed by atoms with Crippen molar-refractivity contribution < 1.29 is 19.7 Å². The van der Waals surface area contributed by atoms with Crippen molar-refractivity contribution in [2.24, 2.45) is 5.92 Å². The van der Waals surface area contributed by atoms with Crippen molar-refractivity contribution in [3.8, 4) is 0 Å². The van der Waals surface area contributed by atoms with Crippen LogP contribution in [0.3, 0.4) is 0 Å². The summed E-state index contributed by atoms with van der Waals surface area (Å²) in [6.45, 7) is 4.06. The minimum absolute atomic E-state index is 0.0834. The lowest BCUT2D eigenvalue weighted by atomic mass is 9.94. The van der Waals surface area contributed by atoms with E-state index in [1.54, 1.807) is 0 Å². The van der Waals surface area contributed by atoms with Gasteiger partial charge in [0.05, 0.1) is 12.5 Å². The van der Waals surface area contributed by atoms with Crippen LogP contribution in [0.4, 0.5) is 0 Å². The molecule has 2 atom stereocenters. The average molecular weight is 607 g/mol. The Bertz CT molecular complexity index is 614. The summed E-state index contributed by atoms with van der Waals surface area (Å²) >= 11 is 0. The quantitative estimate of drug-likeness (QED) is 0.0434. The van der Waals surface area contributed by atoms with Gasteiger partial charge in [-0.15, -0.1) is 0 Å². The number of aliphatic hydroxyl groups excluding tert-OH is 2. The van der Waals surface area contributed by atoms with Crippen LogP contribution >= 0.6 is 0 Å². The van der Waals surface area contributed by atoms with E-state index in [0.717, 1.165) is 38.5 Å². The first kappa shape index (κ1) is 41.9. The number of allylic oxidation sites excluding steroid dienone is 4. The number of carbonyl (C=O) groups excluding carboxylic acids is 1. The Morgan fingerprint density at radius 1 is 0.535 bits per heavy atom. The lowest BCUT2D eigenvalue weighted by Crippen LogP contribution is -2.25. The molecular formula is C39H74O4. The SMILES string of the molecule is CCCCCCCCC=CCCCCCCCCC(CCCCCCC=CCCCCCCCC)C(=O)OCC(O)CO. The summed E-state index contributed by atoms with van der Waals surface area (Å²) < 4.78 is 5.34. The molecule has 0 aliphatic heterocycles. The van der Waals surface area contributed by atoms with Crippen molar-refractivity contribution in [3.05, 3.63) is 24.3 Å². The molecule has 0 aromatic carbocycles. The van der Waals surface area contributed by atoms with Gasteiger partial charge in [0.15, 0.2) is 0 Å². The predicted molar refractivity (Wildman–Crippen MR) is 186 cm³/mol. The Morgan fingerprint density at radius 3 is 1.21 bits per heavy atom. The normalized spacial score (nSPS) is 13.3. The molecule has 0 spiro atoms.